The van der Waals surface area contributed by atoms with E-state index in [2.05, 4.69) is 19.6 Å². The second-order valence-electron chi connectivity index (χ2n) is 8.05. The van der Waals surface area contributed by atoms with Gasteiger partial charge in [0.2, 0.25) is 0 Å². The summed E-state index contributed by atoms with van der Waals surface area (Å²) in [6, 6.07) is 0. The van der Waals surface area contributed by atoms with E-state index in [1.54, 1.807) is 18.2 Å². The molecule has 0 saturated heterocycles. The number of hydrogen-bond acceptors (Lipinski definition) is 6. The van der Waals surface area contributed by atoms with Crippen LogP contribution in [0.1, 0.15) is 45.4 Å². The lowest BCUT2D eigenvalue weighted by Gasteiger charge is -2.28. The number of fused-ring (bicyclic) bond motifs is 2. The molecule has 0 fully saturated rings. The molecule has 0 aromatic rings. The highest BCUT2D eigenvalue weighted by Crippen LogP contribution is 2.25. The van der Waals surface area contributed by atoms with Crippen LogP contribution in [-0.4, -0.2) is 58.4 Å². The van der Waals surface area contributed by atoms with Crippen molar-refractivity contribution in [3.05, 3.63) is 48.6 Å². The van der Waals surface area contributed by atoms with Gasteiger partial charge >= 0.3 is 5.97 Å². The molecule has 0 aromatic carbocycles. The average molecular weight is 407 g/mol. The van der Waals surface area contributed by atoms with Crippen LogP contribution in [0.15, 0.2) is 48.6 Å². The maximum atomic E-state index is 12.1. The van der Waals surface area contributed by atoms with Crippen molar-refractivity contribution < 1.29 is 29.6 Å². The molecule has 29 heavy (non-hydrogen) atoms. The van der Waals surface area contributed by atoms with Gasteiger partial charge in [-0.1, -0.05) is 49.5 Å². The summed E-state index contributed by atoms with van der Waals surface area (Å²) in [4.78, 5) is 12.1. The minimum absolute atomic E-state index is 0.0873. The summed E-state index contributed by atoms with van der Waals surface area (Å²) in [5.41, 5.74) is 0.972. The third-order valence-corrected chi connectivity index (χ3v) is 5.15. The quantitative estimate of drug-likeness (QED) is 0.482. The maximum absolute atomic E-state index is 12.1. The van der Waals surface area contributed by atoms with E-state index in [4.69, 9.17) is 9.47 Å². The van der Waals surface area contributed by atoms with Crippen LogP contribution in [0.25, 0.3) is 0 Å². The second kappa shape index (κ2) is 12.1. The Morgan fingerprint density at radius 3 is 2.69 bits per heavy atom. The van der Waals surface area contributed by atoms with Gasteiger partial charge < -0.3 is 24.8 Å². The molecule has 2 heterocycles. The molecule has 0 amide bonds. The molecule has 2 aliphatic rings. The fourth-order valence-electron chi connectivity index (χ4n) is 3.75. The van der Waals surface area contributed by atoms with Crippen LogP contribution < -0.4 is 0 Å². The van der Waals surface area contributed by atoms with Crippen LogP contribution in [0.3, 0.4) is 0 Å². The zero-order valence-electron chi connectivity index (χ0n) is 17.2. The van der Waals surface area contributed by atoms with Gasteiger partial charge in [0, 0.05) is 12.5 Å². The van der Waals surface area contributed by atoms with Crippen LogP contribution in [-0.2, 0) is 14.3 Å². The number of aliphatic hydroxyl groups excluding tert-OH is 3. The lowest BCUT2D eigenvalue weighted by atomic mass is 9.91. The van der Waals surface area contributed by atoms with E-state index in [-0.39, 0.29) is 18.6 Å². The fourth-order valence-corrected chi connectivity index (χ4v) is 3.75. The van der Waals surface area contributed by atoms with E-state index >= 15 is 0 Å². The zero-order valence-corrected chi connectivity index (χ0v) is 17.2. The first-order valence-electron chi connectivity index (χ1n) is 10.4. The molecule has 2 bridgehead atoms. The van der Waals surface area contributed by atoms with Crippen molar-refractivity contribution in [3.8, 4) is 0 Å². The average Bonchev–Trinajstić information content (AvgIpc) is 2.65. The number of aliphatic hydroxyl groups is 3. The predicted octanol–water partition coefficient (Wildman–Crippen LogP) is 2.59. The molecular formula is C23H34O6. The van der Waals surface area contributed by atoms with Crippen molar-refractivity contribution in [3.63, 3.8) is 0 Å². The van der Waals surface area contributed by atoms with Crippen LogP contribution >= 0.6 is 0 Å². The van der Waals surface area contributed by atoms with Crippen molar-refractivity contribution in [2.75, 3.05) is 6.61 Å². The molecule has 0 aliphatic carbocycles. The van der Waals surface area contributed by atoms with Gasteiger partial charge in [-0.25, -0.2) is 4.79 Å². The Bertz CT molecular complexity index is 623. The van der Waals surface area contributed by atoms with Crippen molar-refractivity contribution in [1.82, 2.24) is 0 Å². The number of ether oxygens (including phenoxy) is 2. The Balaban J connectivity index is 2.11. The molecule has 162 valence electrons. The van der Waals surface area contributed by atoms with Gasteiger partial charge in [-0.05, 0) is 38.0 Å². The Hall–Kier alpha value is -1.73. The molecule has 6 atom stereocenters. The van der Waals surface area contributed by atoms with E-state index in [1.165, 1.54) is 6.08 Å². The van der Waals surface area contributed by atoms with Gasteiger partial charge in [0.25, 0.3) is 0 Å². The van der Waals surface area contributed by atoms with Crippen molar-refractivity contribution in [2.24, 2.45) is 5.92 Å². The second-order valence-corrected chi connectivity index (χ2v) is 8.05. The molecule has 0 radical (unpaired) electrons. The first-order valence-corrected chi connectivity index (χ1v) is 10.4. The minimum atomic E-state index is -1.19. The molecule has 2 rings (SSSR count). The molecule has 0 spiro atoms. The predicted molar refractivity (Wildman–Crippen MR) is 111 cm³/mol. The molecule has 6 nitrogen and oxygen atoms in total. The minimum Gasteiger partial charge on any atom is -0.456 e. The number of cyclic esters (lactones) is 1. The lowest BCUT2D eigenvalue weighted by Crippen LogP contribution is -2.33. The van der Waals surface area contributed by atoms with E-state index in [0.717, 1.165) is 24.8 Å². The fraction of sp³-hybridized carbons (Fsp3) is 0.609. The highest BCUT2D eigenvalue weighted by atomic mass is 16.6. The van der Waals surface area contributed by atoms with Gasteiger partial charge in [-0.3, -0.25) is 0 Å². The Morgan fingerprint density at radius 1 is 1.17 bits per heavy atom. The first-order chi connectivity index (χ1) is 13.9. The summed E-state index contributed by atoms with van der Waals surface area (Å²) in [6.45, 7) is 5.74. The van der Waals surface area contributed by atoms with Crippen molar-refractivity contribution >= 4 is 5.97 Å². The summed E-state index contributed by atoms with van der Waals surface area (Å²) in [5.74, 6) is -0.194. The third kappa shape index (κ3) is 8.66. The number of carbonyl (C=O) groups excluding carboxylic acids is 1. The summed E-state index contributed by atoms with van der Waals surface area (Å²) in [6.07, 6.45) is 11.5. The maximum Gasteiger partial charge on any atom is 0.330 e. The topological polar surface area (TPSA) is 96.2 Å². The summed E-state index contributed by atoms with van der Waals surface area (Å²) >= 11 is 0. The van der Waals surface area contributed by atoms with Gasteiger partial charge in [-0.15, -0.1) is 0 Å². The Labute approximate surface area is 173 Å². The normalized spacial score (nSPS) is 33.6. The monoisotopic (exact) mass is 406 g/mol. The largest absolute Gasteiger partial charge is 0.456 e. The van der Waals surface area contributed by atoms with E-state index in [1.807, 2.05) is 6.08 Å². The first kappa shape index (κ1) is 23.5. The molecule has 0 saturated carbocycles. The molecule has 6 unspecified atom stereocenters. The molecular weight excluding hydrogens is 372 g/mol. The summed E-state index contributed by atoms with van der Waals surface area (Å²) < 4.78 is 11.4. The molecule has 6 heteroatoms. The van der Waals surface area contributed by atoms with Crippen LogP contribution in [0.2, 0.25) is 0 Å². The van der Waals surface area contributed by atoms with Crippen LogP contribution in [0.5, 0.6) is 0 Å². The van der Waals surface area contributed by atoms with Crippen LogP contribution in [0, 0.1) is 5.92 Å². The van der Waals surface area contributed by atoms with Gasteiger partial charge in [0.05, 0.1) is 24.9 Å². The third-order valence-electron chi connectivity index (χ3n) is 5.15. The number of rotatable bonds is 2. The SMILES string of the molecule is C=C1CC(O)C=CCC(C(O)CO)OC(=O)C=CCC2C=CCC(CC(C)C1)O2. The van der Waals surface area contributed by atoms with E-state index in [0.29, 0.717) is 18.8 Å². The van der Waals surface area contributed by atoms with Crippen molar-refractivity contribution in [2.45, 2.75) is 76.0 Å². The van der Waals surface area contributed by atoms with Gasteiger partial charge in [0.15, 0.2) is 0 Å². The van der Waals surface area contributed by atoms with Gasteiger partial charge in [0.1, 0.15) is 12.2 Å². The molecule has 0 aromatic heterocycles. The Kier molecular flexibility index (Phi) is 9.81. The number of hydrogen-bond donors (Lipinski definition) is 3. The Morgan fingerprint density at radius 2 is 1.93 bits per heavy atom. The summed E-state index contributed by atoms with van der Waals surface area (Å²) in [5, 5.41) is 29.4. The standard InChI is InChI=1S/C23H34O6/c1-16-12-17(2)14-20-9-4-7-19(28-20)8-5-11-23(27)29-22(21(26)15-24)10-3-6-18(25)13-16/h3-7,11,17-22,24-26H,1,8-10,12-15H2,2H3. The molecule has 2 aliphatic heterocycles. The molecule has 3 N–H and O–H groups in total. The van der Waals surface area contributed by atoms with E-state index in [9.17, 15) is 20.1 Å². The number of carbonyl (C=O) groups is 1. The zero-order chi connectivity index (χ0) is 21.2. The van der Waals surface area contributed by atoms with Crippen LogP contribution in [0.4, 0.5) is 0 Å². The summed E-state index contributed by atoms with van der Waals surface area (Å²) in [7, 11) is 0. The van der Waals surface area contributed by atoms with Crippen molar-refractivity contribution in [1.29, 1.82) is 0 Å². The highest BCUT2D eigenvalue weighted by molar-refractivity contribution is 5.82. The van der Waals surface area contributed by atoms with E-state index < -0.39 is 30.9 Å². The number of esters is 1. The highest BCUT2D eigenvalue weighted by Gasteiger charge is 2.22. The lowest BCUT2D eigenvalue weighted by molar-refractivity contribution is -0.150. The smallest absolute Gasteiger partial charge is 0.330 e. The van der Waals surface area contributed by atoms with Gasteiger partial charge in [-0.2, -0.15) is 0 Å².